The van der Waals surface area contributed by atoms with E-state index in [1.54, 1.807) is 11.0 Å². The van der Waals surface area contributed by atoms with Crippen molar-refractivity contribution in [2.45, 2.75) is 40.3 Å². The summed E-state index contributed by atoms with van der Waals surface area (Å²) in [6.07, 6.45) is 0. The topological polar surface area (TPSA) is 32.3 Å². The molecule has 1 unspecified atom stereocenters. The first-order chi connectivity index (χ1) is 8.93. The molecule has 1 N–H and O–H groups in total. The SMILES string of the molecule is CCN(Cc1cccc(F)c1)C(=O)NC(C)C(C)C. The molecule has 1 aromatic carbocycles. The van der Waals surface area contributed by atoms with Gasteiger partial charge < -0.3 is 10.2 Å². The maximum atomic E-state index is 13.1. The molecule has 0 bridgehead atoms. The van der Waals surface area contributed by atoms with Crippen LogP contribution in [-0.4, -0.2) is 23.5 Å². The third kappa shape index (κ3) is 4.89. The Morgan fingerprint density at radius 3 is 2.58 bits per heavy atom. The lowest BCUT2D eigenvalue weighted by Gasteiger charge is -2.25. The third-order valence-corrected chi connectivity index (χ3v) is 3.28. The van der Waals surface area contributed by atoms with E-state index in [0.29, 0.717) is 19.0 Å². The van der Waals surface area contributed by atoms with Crippen molar-refractivity contribution in [1.82, 2.24) is 10.2 Å². The van der Waals surface area contributed by atoms with Crippen molar-refractivity contribution < 1.29 is 9.18 Å². The standard InChI is InChI=1S/C15H23FN2O/c1-5-18(15(19)17-12(4)11(2)3)10-13-7-6-8-14(16)9-13/h6-9,11-12H,5,10H2,1-4H3,(H,17,19). The van der Waals surface area contributed by atoms with Crippen molar-refractivity contribution in [1.29, 1.82) is 0 Å². The van der Waals surface area contributed by atoms with Crippen LogP contribution in [0.1, 0.15) is 33.3 Å². The molecule has 0 aromatic heterocycles. The zero-order chi connectivity index (χ0) is 14.4. The molecular formula is C15H23FN2O. The van der Waals surface area contributed by atoms with E-state index in [-0.39, 0.29) is 17.9 Å². The molecule has 0 fully saturated rings. The van der Waals surface area contributed by atoms with Crippen LogP contribution in [0.25, 0.3) is 0 Å². The molecule has 1 rings (SSSR count). The van der Waals surface area contributed by atoms with Gasteiger partial charge in [0, 0.05) is 19.1 Å². The normalized spacial score (nSPS) is 12.3. The lowest BCUT2D eigenvalue weighted by molar-refractivity contribution is 0.191. The summed E-state index contributed by atoms with van der Waals surface area (Å²) in [5.74, 6) is 0.112. The zero-order valence-corrected chi connectivity index (χ0v) is 12.1. The minimum atomic E-state index is -0.274. The average molecular weight is 266 g/mol. The molecular weight excluding hydrogens is 243 g/mol. The largest absolute Gasteiger partial charge is 0.335 e. The Balaban J connectivity index is 2.65. The van der Waals surface area contributed by atoms with Gasteiger partial charge in [0.05, 0.1) is 0 Å². The molecule has 0 saturated heterocycles. The fourth-order valence-corrected chi connectivity index (χ4v) is 1.64. The van der Waals surface area contributed by atoms with E-state index in [2.05, 4.69) is 19.2 Å². The molecule has 0 aliphatic heterocycles. The summed E-state index contributed by atoms with van der Waals surface area (Å²) in [5.41, 5.74) is 0.800. The molecule has 19 heavy (non-hydrogen) atoms. The molecule has 0 radical (unpaired) electrons. The minimum Gasteiger partial charge on any atom is -0.335 e. The van der Waals surface area contributed by atoms with E-state index >= 15 is 0 Å². The van der Waals surface area contributed by atoms with Crippen molar-refractivity contribution in [3.8, 4) is 0 Å². The van der Waals surface area contributed by atoms with Crippen molar-refractivity contribution in [3.05, 3.63) is 35.6 Å². The van der Waals surface area contributed by atoms with Gasteiger partial charge in [0.25, 0.3) is 0 Å². The molecule has 1 aromatic rings. The van der Waals surface area contributed by atoms with Gasteiger partial charge in [0.15, 0.2) is 0 Å². The van der Waals surface area contributed by atoms with Gasteiger partial charge in [0.1, 0.15) is 5.82 Å². The first-order valence-corrected chi connectivity index (χ1v) is 6.74. The van der Waals surface area contributed by atoms with Gasteiger partial charge >= 0.3 is 6.03 Å². The Hall–Kier alpha value is -1.58. The zero-order valence-electron chi connectivity index (χ0n) is 12.1. The Morgan fingerprint density at radius 1 is 1.37 bits per heavy atom. The number of hydrogen-bond acceptors (Lipinski definition) is 1. The van der Waals surface area contributed by atoms with Crippen LogP contribution in [0.2, 0.25) is 0 Å². The fourth-order valence-electron chi connectivity index (χ4n) is 1.64. The molecule has 0 aliphatic carbocycles. The molecule has 3 nitrogen and oxygen atoms in total. The van der Waals surface area contributed by atoms with Gasteiger partial charge in [0.2, 0.25) is 0 Å². The molecule has 0 heterocycles. The summed E-state index contributed by atoms with van der Waals surface area (Å²) < 4.78 is 13.1. The number of rotatable bonds is 5. The van der Waals surface area contributed by atoms with Crippen LogP contribution in [0.3, 0.4) is 0 Å². The monoisotopic (exact) mass is 266 g/mol. The lowest BCUT2D eigenvalue weighted by atomic mass is 10.1. The van der Waals surface area contributed by atoms with Crippen molar-refractivity contribution in [2.75, 3.05) is 6.54 Å². The van der Waals surface area contributed by atoms with Gasteiger partial charge in [-0.2, -0.15) is 0 Å². The summed E-state index contributed by atoms with van der Waals surface area (Å²) in [6.45, 7) is 9.04. The Kier molecular flexibility index (Phi) is 5.80. The van der Waals surface area contributed by atoms with E-state index < -0.39 is 0 Å². The van der Waals surface area contributed by atoms with E-state index in [1.807, 2.05) is 19.9 Å². The highest BCUT2D eigenvalue weighted by Crippen LogP contribution is 2.08. The number of hydrogen-bond donors (Lipinski definition) is 1. The van der Waals surface area contributed by atoms with Crippen molar-refractivity contribution in [2.24, 2.45) is 5.92 Å². The highest BCUT2D eigenvalue weighted by atomic mass is 19.1. The second-order valence-electron chi connectivity index (χ2n) is 5.13. The number of urea groups is 1. The molecule has 4 heteroatoms. The minimum absolute atomic E-state index is 0.104. The number of benzene rings is 1. The van der Waals surface area contributed by atoms with E-state index in [4.69, 9.17) is 0 Å². The van der Waals surface area contributed by atoms with Crippen LogP contribution < -0.4 is 5.32 Å². The average Bonchev–Trinajstić information content (AvgIpc) is 2.35. The van der Waals surface area contributed by atoms with Crippen LogP contribution in [-0.2, 0) is 6.54 Å². The van der Waals surface area contributed by atoms with E-state index in [1.165, 1.54) is 12.1 Å². The maximum absolute atomic E-state index is 13.1. The summed E-state index contributed by atoms with van der Waals surface area (Å²) in [4.78, 5) is 13.8. The van der Waals surface area contributed by atoms with Crippen LogP contribution in [0, 0.1) is 11.7 Å². The number of halogens is 1. The first kappa shape index (κ1) is 15.5. The first-order valence-electron chi connectivity index (χ1n) is 6.74. The number of amides is 2. The maximum Gasteiger partial charge on any atom is 0.317 e. The lowest BCUT2D eigenvalue weighted by Crippen LogP contribution is -2.45. The highest BCUT2D eigenvalue weighted by molar-refractivity contribution is 5.74. The Bertz CT molecular complexity index is 420. The van der Waals surface area contributed by atoms with Crippen LogP contribution in [0.4, 0.5) is 9.18 Å². The van der Waals surface area contributed by atoms with Gasteiger partial charge in [-0.15, -0.1) is 0 Å². The molecule has 0 saturated carbocycles. The second-order valence-corrected chi connectivity index (χ2v) is 5.13. The number of nitrogens with zero attached hydrogens (tertiary/aromatic N) is 1. The van der Waals surface area contributed by atoms with Crippen molar-refractivity contribution >= 4 is 6.03 Å². The highest BCUT2D eigenvalue weighted by Gasteiger charge is 2.16. The van der Waals surface area contributed by atoms with Crippen LogP contribution in [0.15, 0.2) is 24.3 Å². The van der Waals surface area contributed by atoms with Gasteiger partial charge in [-0.05, 0) is 37.5 Å². The molecule has 106 valence electrons. The smallest absolute Gasteiger partial charge is 0.317 e. The van der Waals surface area contributed by atoms with Gasteiger partial charge in [-0.1, -0.05) is 26.0 Å². The van der Waals surface area contributed by atoms with E-state index in [0.717, 1.165) is 5.56 Å². The quantitative estimate of drug-likeness (QED) is 0.870. The summed E-state index contributed by atoms with van der Waals surface area (Å²) >= 11 is 0. The predicted molar refractivity (Wildman–Crippen MR) is 75.3 cm³/mol. The van der Waals surface area contributed by atoms with Crippen LogP contribution >= 0.6 is 0 Å². The summed E-state index contributed by atoms with van der Waals surface area (Å²) in [7, 11) is 0. The Labute approximate surface area is 114 Å². The molecule has 2 amide bonds. The predicted octanol–water partition coefficient (Wildman–Crippen LogP) is 3.40. The van der Waals surface area contributed by atoms with Gasteiger partial charge in [-0.3, -0.25) is 0 Å². The molecule has 1 atom stereocenters. The summed E-state index contributed by atoms with van der Waals surface area (Å²) in [5, 5.41) is 2.96. The number of carbonyl (C=O) groups is 1. The molecule has 0 aliphatic rings. The third-order valence-electron chi connectivity index (χ3n) is 3.28. The second kappa shape index (κ2) is 7.12. The number of carbonyl (C=O) groups excluding carboxylic acids is 1. The van der Waals surface area contributed by atoms with Crippen molar-refractivity contribution in [3.63, 3.8) is 0 Å². The van der Waals surface area contributed by atoms with E-state index in [9.17, 15) is 9.18 Å². The van der Waals surface area contributed by atoms with Crippen LogP contribution in [0.5, 0.6) is 0 Å². The number of nitrogens with one attached hydrogen (secondary N) is 1. The molecule has 0 spiro atoms. The summed E-state index contributed by atoms with van der Waals surface area (Å²) in [6, 6.07) is 6.36. The Morgan fingerprint density at radius 2 is 2.05 bits per heavy atom. The fraction of sp³-hybridized carbons (Fsp3) is 0.533. The van der Waals surface area contributed by atoms with Gasteiger partial charge in [-0.25, -0.2) is 9.18 Å².